The van der Waals surface area contributed by atoms with E-state index < -0.39 is 0 Å². The lowest BCUT2D eigenvalue weighted by atomic mass is 10.4. The first-order chi connectivity index (χ1) is 5.43. The maximum absolute atomic E-state index is 4.97. The maximum atomic E-state index is 4.97. The van der Waals surface area contributed by atoms with E-state index in [1.165, 1.54) is 0 Å². The van der Waals surface area contributed by atoms with Crippen LogP contribution in [-0.4, -0.2) is 22.2 Å². The molecule has 0 rings (SSSR count). The van der Waals surface area contributed by atoms with Crippen LogP contribution in [0.4, 0.5) is 0 Å². The van der Waals surface area contributed by atoms with Crippen LogP contribution in [0.3, 0.4) is 0 Å². The summed E-state index contributed by atoms with van der Waals surface area (Å²) in [6, 6.07) is 0.385. The van der Waals surface area contributed by atoms with Crippen LogP contribution in [0.2, 0.25) is 0 Å². The second-order valence-corrected chi connectivity index (χ2v) is 3.83. The Labute approximate surface area is 85.4 Å². The summed E-state index contributed by atoms with van der Waals surface area (Å²) in [7, 11) is 0. The Hall–Kier alpha value is -0.220. The highest BCUT2D eigenvalue weighted by atomic mass is 32.1. The number of nitrogens with zero attached hydrogens (tertiary/aromatic N) is 2. The first-order valence-corrected chi connectivity index (χ1v) is 4.75. The minimum Gasteiger partial charge on any atom is -0.761 e. The molecule has 0 unspecified atom stereocenters. The Morgan fingerprint density at radius 3 is 1.25 bits per heavy atom. The zero-order valence-electron chi connectivity index (χ0n) is 7.87. The molecule has 0 atom stereocenters. The zero-order valence-corrected chi connectivity index (χ0v) is 9.50. The van der Waals surface area contributed by atoms with Crippen LogP contribution < -0.4 is 0 Å². The summed E-state index contributed by atoms with van der Waals surface area (Å²) in [6.45, 7) is 7.85. The molecule has 0 bridgehead atoms. The molecule has 0 fully saturated rings. The molecule has 0 aromatic rings. The average molecular weight is 202 g/mol. The van der Waals surface area contributed by atoms with Gasteiger partial charge in [0.05, 0.1) is 0 Å². The molecule has 0 saturated carbocycles. The molecule has 0 aliphatic carbocycles. The van der Waals surface area contributed by atoms with E-state index in [1.54, 1.807) is 0 Å². The van der Waals surface area contributed by atoms with Crippen LogP contribution in [-0.2, 0) is 25.3 Å². The highest BCUT2D eigenvalue weighted by Gasteiger charge is 1.87. The third-order valence-corrected chi connectivity index (χ3v) is 1.66. The van der Waals surface area contributed by atoms with Crippen LogP contribution in [0.5, 0.6) is 0 Å². The fraction of sp³-hybridized carbons (Fsp3) is 0.750. The molecule has 0 aliphatic heterocycles. The fourth-order valence-corrected chi connectivity index (χ4v) is 1.11. The van der Waals surface area contributed by atoms with Crippen molar-refractivity contribution in [2.75, 3.05) is 0 Å². The Bertz CT molecular complexity index is 173. The molecule has 4 heteroatoms. The second kappa shape index (κ2) is 5.43. The number of hydrogen-bond donors (Lipinski definition) is 0. The Kier molecular flexibility index (Phi) is 5.33. The molecule has 70 valence electrons. The predicted molar refractivity (Wildman–Crippen MR) is 59.9 cm³/mol. The Balaban J connectivity index is 4.38. The molecule has 0 radical (unpaired) electrons. The van der Waals surface area contributed by atoms with Gasteiger partial charge in [0.25, 0.3) is 0 Å². The minimum absolute atomic E-state index is 0.192. The van der Waals surface area contributed by atoms with Crippen molar-refractivity contribution < 1.29 is 0 Å². The van der Waals surface area contributed by atoms with Crippen LogP contribution in [0.25, 0.3) is 0 Å². The smallest absolute Gasteiger partial charge is 0.0425 e. The first kappa shape index (κ1) is 11.8. The normalized spacial score (nSPS) is 14.5. The van der Waals surface area contributed by atoms with E-state index in [2.05, 4.69) is 9.98 Å². The van der Waals surface area contributed by atoms with Gasteiger partial charge < -0.3 is 35.2 Å². The topological polar surface area (TPSA) is 24.7 Å². The van der Waals surface area contributed by atoms with Crippen molar-refractivity contribution in [1.82, 2.24) is 0 Å². The standard InChI is InChI=1S/C8H16N2S2/c1-5(2)9-7(11)8(12)10-6(3)4/h5-6H,1-4H3,(H,9,11)(H,10,12)/p-2. The summed E-state index contributed by atoms with van der Waals surface area (Å²) in [5, 5.41) is 0.905. The predicted octanol–water partition coefficient (Wildman–Crippen LogP) is 1.69. The van der Waals surface area contributed by atoms with E-state index in [9.17, 15) is 0 Å². The van der Waals surface area contributed by atoms with Gasteiger partial charge in [0, 0.05) is 12.1 Å². The minimum atomic E-state index is 0.192. The van der Waals surface area contributed by atoms with Crippen molar-refractivity contribution in [3.05, 3.63) is 0 Å². The third-order valence-electron chi connectivity index (χ3n) is 0.934. The van der Waals surface area contributed by atoms with Gasteiger partial charge in [0.1, 0.15) is 0 Å². The van der Waals surface area contributed by atoms with E-state index in [0.717, 1.165) is 0 Å². The van der Waals surface area contributed by atoms with E-state index in [0.29, 0.717) is 10.1 Å². The van der Waals surface area contributed by atoms with Crippen molar-refractivity contribution in [2.24, 2.45) is 9.98 Å². The van der Waals surface area contributed by atoms with E-state index in [1.807, 2.05) is 27.7 Å². The van der Waals surface area contributed by atoms with Gasteiger partial charge in [-0.1, -0.05) is 10.1 Å². The SMILES string of the molecule is CC(C)N=C([S-])C([S-])=NC(C)C. The lowest BCUT2D eigenvalue weighted by molar-refractivity contribution is 0.834. The monoisotopic (exact) mass is 202 g/mol. The lowest BCUT2D eigenvalue weighted by Crippen LogP contribution is -2.12. The molecular formula is C8H14N2S2-2. The summed E-state index contributed by atoms with van der Waals surface area (Å²) in [6.07, 6.45) is 0. The number of rotatable bonds is 3. The summed E-state index contributed by atoms with van der Waals surface area (Å²) in [5.74, 6) is 0. The molecule has 0 aromatic heterocycles. The Morgan fingerprint density at radius 1 is 0.833 bits per heavy atom. The second-order valence-electron chi connectivity index (χ2n) is 3.06. The van der Waals surface area contributed by atoms with Gasteiger partial charge in [-0.2, -0.15) is 0 Å². The molecule has 0 amide bonds. The van der Waals surface area contributed by atoms with Gasteiger partial charge in [-0.15, -0.1) is 0 Å². The van der Waals surface area contributed by atoms with Crippen LogP contribution in [0.15, 0.2) is 9.98 Å². The molecule has 0 heterocycles. The van der Waals surface area contributed by atoms with Crippen LogP contribution in [0.1, 0.15) is 27.7 Å². The summed E-state index contributed by atoms with van der Waals surface area (Å²) >= 11 is 9.94. The highest BCUT2D eigenvalue weighted by Crippen LogP contribution is 1.93. The lowest BCUT2D eigenvalue weighted by Gasteiger charge is -2.21. The fourth-order valence-electron chi connectivity index (χ4n) is 0.579. The van der Waals surface area contributed by atoms with Crippen LogP contribution in [0, 0.1) is 0 Å². The average Bonchev–Trinajstić information content (AvgIpc) is 1.84. The molecule has 0 aromatic carbocycles. The maximum Gasteiger partial charge on any atom is 0.0425 e. The van der Waals surface area contributed by atoms with Gasteiger partial charge in [-0.3, -0.25) is 0 Å². The molecule has 0 saturated heterocycles. The van der Waals surface area contributed by atoms with Crippen molar-refractivity contribution in [3.63, 3.8) is 0 Å². The molecular weight excluding hydrogens is 188 g/mol. The molecule has 0 spiro atoms. The summed E-state index contributed by atoms with van der Waals surface area (Å²) in [4.78, 5) is 8.25. The molecule has 0 aliphatic rings. The van der Waals surface area contributed by atoms with Gasteiger partial charge in [-0.05, 0) is 27.7 Å². The van der Waals surface area contributed by atoms with Gasteiger partial charge in [0.2, 0.25) is 0 Å². The van der Waals surface area contributed by atoms with Crippen molar-refractivity contribution in [3.8, 4) is 0 Å². The number of hydrogen-bond acceptors (Lipinski definition) is 4. The van der Waals surface area contributed by atoms with Crippen molar-refractivity contribution in [2.45, 2.75) is 39.8 Å². The molecule has 12 heavy (non-hydrogen) atoms. The van der Waals surface area contributed by atoms with Crippen molar-refractivity contribution in [1.29, 1.82) is 0 Å². The number of aliphatic imine (C=N–C) groups is 2. The van der Waals surface area contributed by atoms with Gasteiger partial charge >= 0.3 is 0 Å². The van der Waals surface area contributed by atoms with Crippen LogP contribution >= 0.6 is 0 Å². The quantitative estimate of drug-likeness (QED) is 0.395. The van der Waals surface area contributed by atoms with E-state index in [4.69, 9.17) is 25.3 Å². The first-order valence-electron chi connectivity index (χ1n) is 3.93. The highest BCUT2D eigenvalue weighted by molar-refractivity contribution is 7.92. The Morgan fingerprint density at radius 2 is 1.08 bits per heavy atom. The van der Waals surface area contributed by atoms with Gasteiger partial charge in [-0.25, -0.2) is 0 Å². The zero-order chi connectivity index (χ0) is 9.72. The largest absolute Gasteiger partial charge is 0.761 e. The molecule has 2 nitrogen and oxygen atoms in total. The molecule has 0 N–H and O–H groups in total. The van der Waals surface area contributed by atoms with Crippen molar-refractivity contribution >= 4 is 35.3 Å². The summed E-state index contributed by atoms with van der Waals surface area (Å²) < 4.78 is 0. The van der Waals surface area contributed by atoms with E-state index in [-0.39, 0.29) is 12.1 Å². The van der Waals surface area contributed by atoms with E-state index >= 15 is 0 Å². The summed E-state index contributed by atoms with van der Waals surface area (Å²) in [5.41, 5.74) is 0. The van der Waals surface area contributed by atoms with Gasteiger partial charge in [0.15, 0.2) is 0 Å². The third kappa shape index (κ3) is 5.43.